The Kier molecular flexibility index (Phi) is 5.95. The molecule has 0 amide bonds. The molecule has 1 aliphatic rings. The molecule has 0 spiro atoms. The van der Waals surface area contributed by atoms with Gasteiger partial charge in [-0.15, -0.1) is 0 Å². The maximum absolute atomic E-state index is 12.7. The van der Waals surface area contributed by atoms with Crippen molar-refractivity contribution in [2.75, 3.05) is 0 Å². The van der Waals surface area contributed by atoms with Crippen molar-refractivity contribution in [2.45, 2.75) is 58.8 Å². The molecule has 0 bridgehead atoms. The van der Waals surface area contributed by atoms with Crippen molar-refractivity contribution in [3.05, 3.63) is 82.4 Å². The van der Waals surface area contributed by atoms with Gasteiger partial charge in [-0.25, -0.2) is 4.79 Å². The number of ether oxygens (including phenoxy) is 1. The first-order chi connectivity index (χ1) is 14.4. The lowest BCUT2D eigenvalue weighted by Gasteiger charge is -2.19. The summed E-state index contributed by atoms with van der Waals surface area (Å²) < 4.78 is 5.52. The summed E-state index contributed by atoms with van der Waals surface area (Å²) in [5, 5.41) is 9.46. The molecule has 2 aromatic rings. The zero-order valence-electron chi connectivity index (χ0n) is 19.1. The van der Waals surface area contributed by atoms with Crippen LogP contribution in [-0.4, -0.2) is 17.0 Å². The van der Waals surface area contributed by atoms with Crippen molar-refractivity contribution < 1.29 is 19.4 Å². The molecule has 0 saturated heterocycles. The minimum Gasteiger partial charge on any atom is -0.481 e. The second kappa shape index (κ2) is 8.18. The lowest BCUT2D eigenvalue weighted by Crippen LogP contribution is -2.11. The van der Waals surface area contributed by atoms with Crippen molar-refractivity contribution in [3.8, 4) is 0 Å². The molecule has 0 atom stereocenters. The maximum atomic E-state index is 12.7. The fourth-order valence-corrected chi connectivity index (χ4v) is 3.54. The number of esters is 1. The minimum absolute atomic E-state index is 0.0167. The molecule has 0 aromatic heterocycles. The van der Waals surface area contributed by atoms with E-state index in [1.807, 2.05) is 48.5 Å². The van der Waals surface area contributed by atoms with E-state index < -0.39 is 11.9 Å². The highest BCUT2D eigenvalue weighted by molar-refractivity contribution is 6.09. The van der Waals surface area contributed by atoms with E-state index in [-0.39, 0.29) is 17.3 Å². The van der Waals surface area contributed by atoms with Gasteiger partial charge in [0.2, 0.25) is 0 Å². The molecule has 1 aliphatic heterocycles. The number of hydrogen-bond acceptors (Lipinski definition) is 3. The van der Waals surface area contributed by atoms with Gasteiger partial charge >= 0.3 is 11.9 Å². The molecule has 162 valence electrons. The van der Waals surface area contributed by atoms with Gasteiger partial charge in [0.1, 0.15) is 5.76 Å². The fraction of sp³-hybridized carbons (Fsp3) is 0.333. The molecule has 0 saturated carbocycles. The molecule has 3 rings (SSSR count). The molecule has 0 fully saturated rings. The monoisotopic (exact) mass is 418 g/mol. The molecule has 4 nitrogen and oxygen atoms in total. The van der Waals surface area contributed by atoms with E-state index in [0.29, 0.717) is 22.5 Å². The number of carbonyl (C=O) groups is 2. The van der Waals surface area contributed by atoms with Gasteiger partial charge in [-0.1, -0.05) is 90.1 Å². The van der Waals surface area contributed by atoms with Crippen molar-refractivity contribution in [1.82, 2.24) is 0 Å². The van der Waals surface area contributed by atoms with Crippen LogP contribution in [-0.2, 0) is 25.2 Å². The summed E-state index contributed by atoms with van der Waals surface area (Å²) in [6.07, 6.45) is 1.40. The molecular formula is C27H30O4. The first-order valence-corrected chi connectivity index (χ1v) is 10.5. The molecule has 31 heavy (non-hydrogen) atoms. The molecule has 0 radical (unpaired) electrons. The zero-order valence-corrected chi connectivity index (χ0v) is 19.1. The summed E-state index contributed by atoms with van der Waals surface area (Å²) >= 11 is 0. The number of cyclic esters (lactones) is 1. The highest BCUT2D eigenvalue weighted by Crippen LogP contribution is 2.34. The Balaban J connectivity index is 2.03. The number of aliphatic carboxylic acids is 1. The summed E-state index contributed by atoms with van der Waals surface area (Å²) in [6, 6.07) is 15.6. The summed E-state index contributed by atoms with van der Waals surface area (Å²) in [6.45, 7) is 12.8. The Morgan fingerprint density at radius 3 is 1.77 bits per heavy atom. The van der Waals surface area contributed by atoms with Gasteiger partial charge in [-0.05, 0) is 39.2 Å². The van der Waals surface area contributed by atoms with E-state index >= 15 is 0 Å². The minimum atomic E-state index is -0.994. The van der Waals surface area contributed by atoms with Crippen LogP contribution in [0.1, 0.15) is 70.2 Å². The summed E-state index contributed by atoms with van der Waals surface area (Å²) in [5.74, 6) is -1.08. The van der Waals surface area contributed by atoms with Gasteiger partial charge < -0.3 is 9.84 Å². The van der Waals surface area contributed by atoms with E-state index in [0.717, 1.165) is 11.1 Å². The van der Waals surface area contributed by atoms with Crippen LogP contribution in [0.2, 0.25) is 0 Å². The third kappa shape index (κ3) is 5.13. The van der Waals surface area contributed by atoms with E-state index in [1.54, 1.807) is 6.08 Å². The molecule has 0 aliphatic carbocycles. The van der Waals surface area contributed by atoms with Crippen LogP contribution in [0.5, 0.6) is 0 Å². The van der Waals surface area contributed by atoms with Crippen LogP contribution in [0.15, 0.2) is 60.2 Å². The normalized spacial score (nSPS) is 16.1. The van der Waals surface area contributed by atoms with Gasteiger partial charge in [-0.2, -0.15) is 0 Å². The molecule has 4 heteroatoms. The maximum Gasteiger partial charge on any atom is 0.344 e. The average Bonchev–Trinajstić information content (AvgIpc) is 3.06. The van der Waals surface area contributed by atoms with Crippen molar-refractivity contribution >= 4 is 23.3 Å². The van der Waals surface area contributed by atoms with Crippen LogP contribution in [0.25, 0.3) is 11.3 Å². The third-order valence-corrected chi connectivity index (χ3v) is 5.49. The Bertz CT molecular complexity index is 1050. The number of benzene rings is 2. The summed E-state index contributed by atoms with van der Waals surface area (Å²) in [4.78, 5) is 24.2. The quantitative estimate of drug-likeness (QED) is 0.481. The third-order valence-electron chi connectivity index (χ3n) is 5.49. The van der Waals surface area contributed by atoms with Crippen molar-refractivity contribution in [1.29, 1.82) is 0 Å². The zero-order chi connectivity index (χ0) is 23.0. The highest BCUT2D eigenvalue weighted by Gasteiger charge is 2.27. The summed E-state index contributed by atoms with van der Waals surface area (Å²) in [7, 11) is 0. The number of hydrogen-bond donors (Lipinski definition) is 1. The van der Waals surface area contributed by atoms with Gasteiger partial charge in [-0.3, -0.25) is 4.79 Å². The van der Waals surface area contributed by atoms with Crippen LogP contribution in [0.4, 0.5) is 0 Å². The van der Waals surface area contributed by atoms with E-state index in [1.165, 1.54) is 5.56 Å². The van der Waals surface area contributed by atoms with Gasteiger partial charge in [0.05, 0.1) is 12.0 Å². The average molecular weight is 419 g/mol. The lowest BCUT2D eigenvalue weighted by molar-refractivity contribution is -0.135. The van der Waals surface area contributed by atoms with Gasteiger partial charge in [0.15, 0.2) is 0 Å². The van der Waals surface area contributed by atoms with Gasteiger partial charge in [0.25, 0.3) is 0 Å². The SMILES string of the molecule is CC(C)(C)c1ccc(C2=C/C(=C(/CC(=O)O)c3ccc(C(C)(C)C)cc3)C(=O)O2)cc1. The van der Waals surface area contributed by atoms with Crippen LogP contribution < -0.4 is 0 Å². The van der Waals surface area contributed by atoms with Crippen molar-refractivity contribution in [2.24, 2.45) is 0 Å². The van der Waals surface area contributed by atoms with E-state index in [9.17, 15) is 14.7 Å². The number of carboxylic acids is 1. The van der Waals surface area contributed by atoms with Crippen LogP contribution >= 0.6 is 0 Å². The Hall–Kier alpha value is -3.14. The first kappa shape index (κ1) is 22.5. The van der Waals surface area contributed by atoms with Gasteiger partial charge in [0, 0.05) is 5.56 Å². The standard InChI is InChI=1S/C27H30O4/c1-26(2,3)19-11-7-17(8-12-19)21(16-24(28)29)22-15-23(31-25(22)30)18-9-13-20(14-10-18)27(4,5)6/h7-15H,16H2,1-6H3,(H,28,29)/b22-21+. The number of carbonyl (C=O) groups excluding carboxylic acids is 1. The number of carboxylic acid groups (broad SMARTS) is 1. The lowest BCUT2D eigenvalue weighted by atomic mass is 9.85. The Labute approximate surface area is 184 Å². The Morgan fingerprint density at radius 2 is 1.32 bits per heavy atom. The smallest absolute Gasteiger partial charge is 0.344 e. The number of rotatable bonds is 4. The van der Waals surface area contributed by atoms with E-state index in [2.05, 4.69) is 41.5 Å². The topological polar surface area (TPSA) is 63.6 Å². The first-order valence-electron chi connectivity index (χ1n) is 10.5. The van der Waals surface area contributed by atoms with E-state index in [4.69, 9.17) is 4.74 Å². The van der Waals surface area contributed by atoms with Crippen molar-refractivity contribution in [3.63, 3.8) is 0 Å². The summed E-state index contributed by atoms with van der Waals surface area (Å²) in [5.41, 5.74) is 4.58. The fourth-order valence-electron chi connectivity index (χ4n) is 3.54. The second-order valence-electron chi connectivity index (χ2n) is 10.0. The Morgan fingerprint density at radius 1 is 0.839 bits per heavy atom. The molecule has 1 heterocycles. The molecule has 2 aromatic carbocycles. The largest absolute Gasteiger partial charge is 0.481 e. The highest BCUT2D eigenvalue weighted by atomic mass is 16.5. The van der Waals surface area contributed by atoms with Crippen LogP contribution in [0.3, 0.4) is 0 Å². The molecule has 1 N–H and O–H groups in total. The predicted molar refractivity (Wildman–Crippen MR) is 124 cm³/mol. The predicted octanol–water partition coefficient (Wildman–Crippen LogP) is 6.11. The molecular weight excluding hydrogens is 388 g/mol. The molecule has 0 unspecified atom stereocenters. The van der Waals surface area contributed by atoms with Crippen LogP contribution in [0, 0.1) is 0 Å². The second-order valence-corrected chi connectivity index (χ2v) is 10.0.